The molecular weight excluding hydrogens is 1010 g/mol. The van der Waals surface area contributed by atoms with Crippen LogP contribution in [-0.2, 0) is 34.0 Å². The molecule has 0 aliphatic heterocycles. The average molecular weight is 1080 g/mol. The van der Waals surface area contributed by atoms with Gasteiger partial charge >= 0.3 is 11.9 Å². The fraction of sp³-hybridized carbons (Fsp3) is 0.183. The molecule has 2 N–H and O–H groups in total. The first-order chi connectivity index (χ1) is 39.5. The van der Waals surface area contributed by atoms with E-state index in [2.05, 4.69) is 183 Å². The summed E-state index contributed by atoms with van der Waals surface area (Å²) in [6, 6.07) is 69.4. The molecule has 1 aliphatic carbocycles. The minimum absolute atomic E-state index is 0.0394. The minimum atomic E-state index is -1.01. The standard InChI is InChI=1S/C71H62O10/c1-45(2)69(74)80-43-55(72)41-76-33-35-78-67-23-11-17-57-61(67)19-9-21-63(57)71(64-22-10-20-62-58(64)18-12-24-68(62)79-36-34-77-42-56(73)44-81-70(75)46(3)4)65-39-53(51-27-25-47-13-5-7-15-49(47)37-51)29-31-59(65)60-32-30-54(40-66(60)71)52-28-26-48-14-6-8-16-50(48)38-52/h5-32,37-40,55-56,72-73H,1,3,33-36,41-44H2,2,4H3. The van der Waals surface area contributed by atoms with Gasteiger partial charge in [-0.05, 0) is 138 Å². The first-order valence-electron chi connectivity index (χ1n) is 27.2. The van der Waals surface area contributed by atoms with E-state index >= 15 is 0 Å². The predicted octanol–water partition coefficient (Wildman–Crippen LogP) is 13.7. The molecule has 10 aromatic rings. The summed E-state index contributed by atoms with van der Waals surface area (Å²) in [7, 11) is 0. The lowest BCUT2D eigenvalue weighted by molar-refractivity contribution is -0.143. The van der Waals surface area contributed by atoms with Crippen LogP contribution < -0.4 is 9.47 Å². The highest BCUT2D eigenvalue weighted by Gasteiger charge is 2.48. The SMILES string of the molecule is C=C(C)C(=O)OCC(O)COCCOc1cccc2c(C3(c4cccc5c(OCCOCC(O)COC(=O)C(=C)C)cccc45)c4cc(-c5ccc6ccccc6c5)ccc4-c4ccc(-c5ccc6ccccc6c5)cc43)cccc12. The monoisotopic (exact) mass is 1070 g/mol. The molecule has 0 aromatic heterocycles. The normalized spacial score (nSPS) is 13.1. The summed E-state index contributed by atoms with van der Waals surface area (Å²) in [5.41, 5.74) is 10.5. The van der Waals surface area contributed by atoms with Gasteiger partial charge in [-0.15, -0.1) is 0 Å². The van der Waals surface area contributed by atoms with Gasteiger partial charge in [-0.3, -0.25) is 0 Å². The molecule has 0 heterocycles. The van der Waals surface area contributed by atoms with E-state index in [0.717, 1.165) is 88.0 Å². The highest BCUT2D eigenvalue weighted by Crippen LogP contribution is 2.60. The summed E-state index contributed by atoms with van der Waals surface area (Å²) in [5.74, 6) is 0.218. The summed E-state index contributed by atoms with van der Waals surface area (Å²) < 4.78 is 35.0. The third-order valence-electron chi connectivity index (χ3n) is 15.0. The maximum absolute atomic E-state index is 11.9. The molecule has 81 heavy (non-hydrogen) atoms. The van der Waals surface area contributed by atoms with Crippen molar-refractivity contribution in [3.05, 3.63) is 241 Å². The van der Waals surface area contributed by atoms with Crippen molar-refractivity contribution in [1.82, 2.24) is 0 Å². The lowest BCUT2D eigenvalue weighted by Gasteiger charge is -2.36. The van der Waals surface area contributed by atoms with Gasteiger partial charge in [0.1, 0.15) is 50.1 Å². The number of carbonyl (C=O) groups excluding carboxylic acids is 2. The number of ether oxygens (including phenoxy) is 6. The highest BCUT2D eigenvalue weighted by molar-refractivity contribution is 6.02. The molecule has 0 saturated carbocycles. The second-order valence-electron chi connectivity index (χ2n) is 20.6. The van der Waals surface area contributed by atoms with Crippen LogP contribution in [0.2, 0.25) is 0 Å². The van der Waals surface area contributed by atoms with E-state index in [-0.39, 0.29) is 64.0 Å². The second-order valence-corrected chi connectivity index (χ2v) is 20.6. The number of rotatable bonds is 22. The van der Waals surface area contributed by atoms with Crippen molar-refractivity contribution in [2.24, 2.45) is 0 Å². The van der Waals surface area contributed by atoms with Crippen LogP contribution in [0.15, 0.2) is 218 Å². The number of fused-ring (bicyclic) bond motifs is 7. The predicted molar refractivity (Wildman–Crippen MR) is 321 cm³/mol. The van der Waals surface area contributed by atoms with Gasteiger partial charge in [0.15, 0.2) is 0 Å². The molecule has 10 heteroatoms. The number of hydrogen-bond donors (Lipinski definition) is 2. The van der Waals surface area contributed by atoms with Crippen LogP contribution in [0.25, 0.3) is 76.5 Å². The van der Waals surface area contributed by atoms with Gasteiger partial charge < -0.3 is 38.6 Å². The molecule has 11 rings (SSSR count). The Morgan fingerprint density at radius 3 is 1.22 bits per heavy atom. The molecule has 1 aliphatic rings. The van der Waals surface area contributed by atoms with Crippen LogP contribution in [0.3, 0.4) is 0 Å². The molecule has 0 amide bonds. The number of aliphatic hydroxyl groups is 2. The molecule has 0 spiro atoms. The number of carbonyl (C=O) groups is 2. The van der Waals surface area contributed by atoms with Gasteiger partial charge in [-0.1, -0.05) is 171 Å². The quantitative estimate of drug-likeness (QED) is 0.0384. The maximum atomic E-state index is 11.9. The third kappa shape index (κ3) is 11.1. The molecule has 10 aromatic carbocycles. The van der Waals surface area contributed by atoms with E-state index in [1.165, 1.54) is 10.8 Å². The Morgan fingerprint density at radius 2 is 0.790 bits per heavy atom. The van der Waals surface area contributed by atoms with Crippen molar-refractivity contribution in [3.63, 3.8) is 0 Å². The second kappa shape index (κ2) is 23.8. The summed E-state index contributed by atoms with van der Waals surface area (Å²) in [6.07, 6.45) is -2.01. The minimum Gasteiger partial charge on any atom is -0.491 e. The van der Waals surface area contributed by atoms with Crippen LogP contribution in [0, 0.1) is 0 Å². The first-order valence-corrected chi connectivity index (χ1v) is 27.2. The summed E-state index contributed by atoms with van der Waals surface area (Å²) in [6.45, 7) is 10.6. The Morgan fingerprint density at radius 1 is 0.407 bits per heavy atom. The number of aliphatic hydroxyl groups excluding tert-OH is 2. The average Bonchev–Trinajstić information content (AvgIpc) is 4.06. The molecule has 0 radical (unpaired) electrons. The summed E-state index contributed by atoms with van der Waals surface area (Å²) in [5, 5.41) is 29.4. The topological polar surface area (TPSA) is 130 Å². The fourth-order valence-electron chi connectivity index (χ4n) is 11.2. The third-order valence-corrected chi connectivity index (χ3v) is 15.0. The molecule has 2 atom stereocenters. The molecule has 0 fully saturated rings. The van der Waals surface area contributed by atoms with Crippen molar-refractivity contribution in [2.45, 2.75) is 31.5 Å². The zero-order valence-corrected chi connectivity index (χ0v) is 45.4. The van der Waals surface area contributed by atoms with Crippen LogP contribution in [0.1, 0.15) is 36.1 Å². The molecule has 406 valence electrons. The van der Waals surface area contributed by atoms with Gasteiger partial charge in [0.25, 0.3) is 0 Å². The Bertz CT molecular complexity index is 3770. The first kappa shape index (κ1) is 54.1. The van der Waals surface area contributed by atoms with Crippen molar-refractivity contribution in [3.8, 4) is 44.9 Å². The summed E-state index contributed by atoms with van der Waals surface area (Å²) >= 11 is 0. The van der Waals surface area contributed by atoms with Crippen molar-refractivity contribution < 1.29 is 48.2 Å². The Kier molecular flexibility index (Phi) is 15.9. The van der Waals surface area contributed by atoms with Crippen LogP contribution in [0.4, 0.5) is 0 Å². The fourth-order valence-corrected chi connectivity index (χ4v) is 11.2. The zero-order chi connectivity index (χ0) is 56.0. The molecule has 0 bridgehead atoms. The lowest BCUT2D eigenvalue weighted by Crippen LogP contribution is -2.29. The molecule has 0 saturated heterocycles. The van der Waals surface area contributed by atoms with Crippen LogP contribution in [-0.4, -0.2) is 87.2 Å². The van der Waals surface area contributed by atoms with Crippen LogP contribution in [0.5, 0.6) is 11.5 Å². The van der Waals surface area contributed by atoms with Crippen molar-refractivity contribution in [2.75, 3.05) is 52.9 Å². The van der Waals surface area contributed by atoms with E-state index in [4.69, 9.17) is 28.4 Å². The smallest absolute Gasteiger partial charge is 0.333 e. The lowest BCUT2D eigenvalue weighted by atomic mass is 9.65. The van der Waals surface area contributed by atoms with Gasteiger partial charge in [-0.25, -0.2) is 9.59 Å². The van der Waals surface area contributed by atoms with E-state index in [1.54, 1.807) is 13.8 Å². The largest absolute Gasteiger partial charge is 0.491 e. The Hall–Kier alpha value is -8.90. The zero-order valence-electron chi connectivity index (χ0n) is 45.4. The number of hydrogen-bond acceptors (Lipinski definition) is 10. The van der Waals surface area contributed by atoms with Crippen LogP contribution >= 0.6 is 0 Å². The molecule has 10 nitrogen and oxygen atoms in total. The highest BCUT2D eigenvalue weighted by atomic mass is 16.6. The Labute approximate surface area is 471 Å². The van der Waals surface area contributed by atoms with E-state index in [0.29, 0.717) is 11.5 Å². The Balaban J connectivity index is 1.05. The number of benzene rings is 10. The van der Waals surface area contributed by atoms with Gasteiger partial charge in [0.05, 0.1) is 31.8 Å². The molecular formula is C71H62O10. The van der Waals surface area contributed by atoms with Gasteiger partial charge in [0.2, 0.25) is 0 Å². The van der Waals surface area contributed by atoms with E-state index in [9.17, 15) is 19.8 Å². The van der Waals surface area contributed by atoms with Crippen molar-refractivity contribution >= 4 is 55.0 Å². The van der Waals surface area contributed by atoms with E-state index < -0.39 is 29.6 Å². The van der Waals surface area contributed by atoms with Crippen molar-refractivity contribution in [1.29, 1.82) is 0 Å². The summed E-state index contributed by atoms with van der Waals surface area (Å²) in [4.78, 5) is 23.8. The molecule has 2 unspecified atom stereocenters. The van der Waals surface area contributed by atoms with Gasteiger partial charge in [0, 0.05) is 21.9 Å². The van der Waals surface area contributed by atoms with Gasteiger partial charge in [-0.2, -0.15) is 0 Å². The number of esters is 2. The maximum Gasteiger partial charge on any atom is 0.333 e. The van der Waals surface area contributed by atoms with E-state index in [1.807, 2.05) is 24.3 Å².